The third kappa shape index (κ3) is 4.98. The quantitative estimate of drug-likeness (QED) is 0.609. The number of amides is 2. The Balaban J connectivity index is 1.45. The molecule has 3 aromatic rings. The monoisotopic (exact) mass is 436 g/mol. The molecule has 0 spiro atoms. The van der Waals surface area contributed by atoms with Gasteiger partial charge in [-0.15, -0.1) is 0 Å². The highest BCUT2D eigenvalue weighted by Crippen LogP contribution is 2.37. The lowest BCUT2D eigenvalue weighted by atomic mass is 10.1. The molecule has 0 aromatic heterocycles. The SMILES string of the molecule is CC1Oc2cc(NC(=O)COc3ccc(Cl)cc3)ccc2N(Cc2ccccc2)C1=O. The van der Waals surface area contributed by atoms with Crippen molar-refractivity contribution in [1.82, 2.24) is 0 Å². The van der Waals surface area contributed by atoms with Crippen LogP contribution in [-0.2, 0) is 16.1 Å². The van der Waals surface area contributed by atoms with Crippen LogP contribution in [0.2, 0.25) is 5.02 Å². The van der Waals surface area contributed by atoms with Crippen LogP contribution in [0.4, 0.5) is 11.4 Å². The van der Waals surface area contributed by atoms with Crippen LogP contribution >= 0.6 is 11.6 Å². The first kappa shape index (κ1) is 20.8. The number of halogens is 1. The molecule has 2 amide bonds. The van der Waals surface area contributed by atoms with E-state index in [9.17, 15) is 9.59 Å². The molecule has 1 N–H and O–H groups in total. The normalized spacial score (nSPS) is 15.1. The van der Waals surface area contributed by atoms with Gasteiger partial charge in [0.2, 0.25) is 0 Å². The number of benzene rings is 3. The summed E-state index contributed by atoms with van der Waals surface area (Å²) in [6, 6.07) is 21.8. The molecule has 1 unspecified atom stereocenters. The summed E-state index contributed by atoms with van der Waals surface area (Å²) < 4.78 is 11.3. The second kappa shape index (κ2) is 9.10. The highest BCUT2D eigenvalue weighted by molar-refractivity contribution is 6.30. The lowest BCUT2D eigenvalue weighted by molar-refractivity contribution is -0.125. The third-order valence-electron chi connectivity index (χ3n) is 4.82. The highest BCUT2D eigenvalue weighted by Gasteiger charge is 2.31. The smallest absolute Gasteiger partial charge is 0.268 e. The molecule has 1 atom stereocenters. The van der Waals surface area contributed by atoms with Crippen molar-refractivity contribution < 1.29 is 19.1 Å². The van der Waals surface area contributed by atoms with Gasteiger partial charge in [0.1, 0.15) is 11.5 Å². The summed E-state index contributed by atoms with van der Waals surface area (Å²) in [5.74, 6) is 0.678. The number of nitrogens with one attached hydrogen (secondary N) is 1. The van der Waals surface area contributed by atoms with Crippen LogP contribution in [0.5, 0.6) is 11.5 Å². The van der Waals surface area contributed by atoms with Gasteiger partial charge in [0, 0.05) is 16.8 Å². The second-order valence-corrected chi connectivity index (χ2v) is 7.58. The number of fused-ring (bicyclic) bond motifs is 1. The minimum Gasteiger partial charge on any atom is -0.484 e. The van der Waals surface area contributed by atoms with Crippen molar-refractivity contribution in [2.45, 2.75) is 19.6 Å². The number of hydrogen-bond donors (Lipinski definition) is 1. The number of nitrogens with zero attached hydrogens (tertiary/aromatic N) is 1. The molecule has 1 aliphatic heterocycles. The van der Waals surface area contributed by atoms with Crippen molar-refractivity contribution in [2.75, 3.05) is 16.8 Å². The Kier molecular flexibility index (Phi) is 6.09. The summed E-state index contributed by atoms with van der Waals surface area (Å²) in [4.78, 5) is 26.7. The van der Waals surface area contributed by atoms with Crippen LogP contribution in [-0.4, -0.2) is 24.5 Å². The summed E-state index contributed by atoms with van der Waals surface area (Å²) in [5, 5.41) is 3.39. The first-order valence-corrected chi connectivity index (χ1v) is 10.2. The Morgan fingerprint density at radius 2 is 1.84 bits per heavy atom. The predicted molar refractivity (Wildman–Crippen MR) is 120 cm³/mol. The molecule has 158 valence electrons. The van der Waals surface area contributed by atoms with Crippen LogP contribution in [0.25, 0.3) is 0 Å². The third-order valence-corrected chi connectivity index (χ3v) is 5.07. The fourth-order valence-electron chi connectivity index (χ4n) is 3.29. The molecule has 4 rings (SSSR count). The van der Waals surface area contributed by atoms with E-state index in [1.165, 1.54) is 0 Å². The lowest BCUT2D eigenvalue weighted by Crippen LogP contribution is -2.44. The first-order chi connectivity index (χ1) is 15.0. The number of hydrogen-bond acceptors (Lipinski definition) is 4. The van der Waals surface area contributed by atoms with Gasteiger partial charge < -0.3 is 19.7 Å². The Morgan fingerprint density at radius 1 is 1.10 bits per heavy atom. The Labute approximate surface area is 185 Å². The molecular weight excluding hydrogens is 416 g/mol. The number of carbonyl (C=O) groups is 2. The summed E-state index contributed by atoms with van der Waals surface area (Å²) in [6.07, 6.45) is -0.615. The van der Waals surface area contributed by atoms with E-state index in [4.69, 9.17) is 21.1 Å². The number of anilines is 2. The summed E-state index contributed by atoms with van der Waals surface area (Å²) in [5.41, 5.74) is 2.25. The van der Waals surface area contributed by atoms with E-state index in [1.54, 1.807) is 54.3 Å². The van der Waals surface area contributed by atoms with Crippen molar-refractivity contribution in [3.05, 3.63) is 83.4 Å². The maximum Gasteiger partial charge on any atom is 0.268 e. The van der Waals surface area contributed by atoms with Crippen LogP contribution in [0.1, 0.15) is 12.5 Å². The van der Waals surface area contributed by atoms with E-state index in [0.717, 1.165) is 5.56 Å². The van der Waals surface area contributed by atoms with E-state index >= 15 is 0 Å². The zero-order chi connectivity index (χ0) is 21.8. The molecule has 1 heterocycles. The highest BCUT2D eigenvalue weighted by atomic mass is 35.5. The zero-order valence-corrected chi connectivity index (χ0v) is 17.6. The zero-order valence-electron chi connectivity index (χ0n) is 16.9. The van der Waals surface area contributed by atoms with Gasteiger partial charge in [0.25, 0.3) is 11.8 Å². The summed E-state index contributed by atoms with van der Waals surface area (Å²) in [7, 11) is 0. The molecule has 0 fully saturated rings. The van der Waals surface area contributed by atoms with Gasteiger partial charge in [-0.3, -0.25) is 9.59 Å². The van der Waals surface area contributed by atoms with E-state index < -0.39 is 6.10 Å². The number of rotatable bonds is 6. The fourth-order valence-corrected chi connectivity index (χ4v) is 3.42. The predicted octanol–water partition coefficient (Wildman–Crippen LogP) is 4.67. The molecule has 1 aliphatic rings. The topological polar surface area (TPSA) is 67.9 Å². The maximum absolute atomic E-state index is 12.7. The van der Waals surface area contributed by atoms with Crippen LogP contribution < -0.4 is 19.7 Å². The molecule has 6 nitrogen and oxygen atoms in total. The summed E-state index contributed by atoms with van der Waals surface area (Å²) >= 11 is 5.84. The van der Waals surface area contributed by atoms with E-state index in [1.807, 2.05) is 30.3 Å². The van der Waals surface area contributed by atoms with Gasteiger partial charge in [-0.25, -0.2) is 0 Å². The largest absolute Gasteiger partial charge is 0.484 e. The average Bonchev–Trinajstić information content (AvgIpc) is 2.77. The number of carbonyl (C=O) groups excluding carboxylic acids is 2. The second-order valence-electron chi connectivity index (χ2n) is 7.14. The van der Waals surface area contributed by atoms with E-state index in [2.05, 4.69) is 5.32 Å². The maximum atomic E-state index is 12.7. The molecule has 0 saturated heterocycles. The van der Waals surface area contributed by atoms with Crippen molar-refractivity contribution >= 4 is 34.8 Å². The molecule has 0 aliphatic carbocycles. The van der Waals surface area contributed by atoms with Crippen molar-refractivity contribution in [2.24, 2.45) is 0 Å². The molecule has 0 bridgehead atoms. The average molecular weight is 437 g/mol. The van der Waals surface area contributed by atoms with Gasteiger partial charge in [0.15, 0.2) is 12.7 Å². The van der Waals surface area contributed by atoms with Gasteiger partial charge >= 0.3 is 0 Å². The van der Waals surface area contributed by atoms with Crippen molar-refractivity contribution in [3.63, 3.8) is 0 Å². The molecule has 0 saturated carbocycles. The minimum absolute atomic E-state index is 0.107. The summed E-state index contributed by atoms with van der Waals surface area (Å²) in [6.45, 7) is 2.02. The first-order valence-electron chi connectivity index (χ1n) is 9.84. The lowest BCUT2D eigenvalue weighted by Gasteiger charge is -2.33. The fraction of sp³-hybridized carbons (Fsp3) is 0.167. The molecule has 3 aromatic carbocycles. The van der Waals surface area contributed by atoms with E-state index in [0.29, 0.717) is 34.4 Å². The van der Waals surface area contributed by atoms with Crippen LogP contribution in [0, 0.1) is 0 Å². The Hall–Kier alpha value is -3.51. The Bertz CT molecular complexity index is 1090. The van der Waals surface area contributed by atoms with Crippen molar-refractivity contribution in [1.29, 1.82) is 0 Å². The van der Waals surface area contributed by atoms with Gasteiger partial charge in [-0.1, -0.05) is 41.9 Å². The van der Waals surface area contributed by atoms with Crippen LogP contribution in [0.15, 0.2) is 72.8 Å². The van der Waals surface area contributed by atoms with Gasteiger partial charge in [-0.05, 0) is 48.9 Å². The van der Waals surface area contributed by atoms with E-state index in [-0.39, 0.29) is 18.4 Å². The van der Waals surface area contributed by atoms with Crippen LogP contribution in [0.3, 0.4) is 0 Å². The molecular formula is C24H21ClN2O4. The minimum atomic E-state index is -0.615. The van der Waals surface area contributed by atoms with Gasteiger partial charge in [0.05, 0.1) is 12.2 Å². The molecule has 31 heavy (non-hydrogen) atoms. The van der Waals surface area contributed by atoms with Crippen molar-refractivity contribution in [3.8, 4) is 11.5 Å². The standard InChI is InChI=1S/C24H21ClN2O4/c1-16-24(29)27(14-17-5-3-2-4-6-17)21-12-9-19(13-22(21)31-16)26-23(28)15-30-20-10-7-18(25)8-11-20/h2-13,16H,14-15H2,1H3,(H,26,28). The molecule has 7 heteroatoms. The molecule has 0 radical (unpaired) electrons. The number of ether oxygens (including phenoxy) is 2. The Morgan fingerprint density at radius 3 is 2.58 bits per heavy atom. The van der Waals surface area contributed by atoms with Gasteiger partial charge in [-0.2, -0.15) is 0 Å².